The predicted molar refractivity (Wildman–Crippen MR) is 115 cm³/mol. The molecule has 1 aromatic carbocycles. The minimum atomic E-state index is -0.829. The first kappa shape index (κ1) is 21.4. The van der Waals surface area contributed by atoms with Gasteiger partial charge in [-0.2, -0.15) is 4.98 Å². The molecule has 10 nitrogen and oxygen atoms in total. The molecule has 3 aromatic rings. The molecule has 1 aliphatic rings. The number of ether oxygens (including phenoxy) is 1. The molecule has 10 heteroatoms. The zero-order chi connectivity index (χ0) is 22.5. The average Bonchev–Trinajstić information content (AvgIpc) is 3.15. The predicted octanol–water partition coefficient (Wildman–Crippen LogP) is 4.34. The van der Waals surface area contributed by atoms with E-state index in [0.717, 1.165) is 38.8 Å². The monoisotopic (exact) mass is 437 g/mol. The summed E-state index contributed by atoms with van der Waals surface area (Å²) in [5.41, 5.74) is 1.18. The molecule has 32 heavy (non-hydrogen) atoms. The minimum absolute atomic E-state index is 0.0918. The van der Waals surface area contributed by atoms with Crippen LogP contribution in [0.5, 0.6) is 0 Å². The summed E-state index contributed by atoms with van der Waals surface area (Å²) in [5, 5.41) is 15.6. The maximum Gasteiger partial charge on any atom is 0.339 e. The Morgan fingerprint density at radius 2 is 2.00 bits per heavy atom. The SMILES string of the molecule is C[C@H](OC(=O)c1ccc(N2CCCCCC2)c([N+](=O)[O-])c1)c1nc(-c2cccnc2)no1. The van der Waals surface area contributed by atoms with Crippen molar-refractivity contribution in [3.05, 3.63) is 64.3 Å². The zero-order valence-electron chi connectivity index (χ0n) is 17.6. The number of carbonyl (C=O) groups is 1. The van der Waals surface area contributed by atoms with Gasteiger partial charge in [-0.3, -0.25) is 15.1 Å². The van der Waals surface area contributed by atoms with Crippen LogP contribution in [0, 0.1) is 10.1 Å². The lowest BCUT2D eigenvalue weighted by molar-refractivity contribution is -0.384. The highest BCUT2D eigenvalue weighted by Crippen LogP contribution is 2.32. The molecule has 0 radical (unpaired) electrons. The van der Waals surface area contributed by atoms with Crippen LogP contribution in [0.2, 0.25) is 0 Å². The van der Waals surface area contributed by atoms with Crippen molar-refractivity contribution in [1.29, 1.82) is 0 Å². The molecule has 2 aromatic heterocycles. The lowest BCUT2D eigenvalue weighted by Crippen LogP contribution is -2.25. The van der Waals surface area contributed by atoms with Crippen molar-refractivity contribution in [2.24, 2.45) is 0 Å². The van der Waals surface area contributed by atoms with Crippen LogP contribution in [-0.4, -0.2) is 39.1 Å². The highest BCUT2D eigenvalue weighted by atomic mass is 16.6. The van der Waals surface area contributed by atoms with Crippen molar-refractivity contribution in [2.75, 3.05) is 18.0 Å². The van der Waals surface area contributed by atoms with Gasteiger partial charge in [0, 0.05) is 37.1 Å². The van der Waals surface area contributed by atoms with Gasteiger partial charge in [-0.05, 0) is 44.0 Å². The number of rotatable bonds is 6. The van der Waals surface area contributed by atoms with Crippen molar-refractivity contribution < 1.29 is 19.0 Å². The molecule has 1 atom stereocenters. The van der Waals surface area contributed by atoms with E-state index in [4.69, 9.17) is 9.26 Å². The van der Waals surface area contributed by atoms with Crippen molar-refractivity contribution in [3.8, 4) is 11.4 Å². The Balaban J connectivity index is 1.50. The van der Waals surface area contributed by atoms with Gasteiger partial charge < -0.3 is 14.2 Å². The molecule has 0 aliphatic carbocycles. The van der Waals surface area contributed by atoms with Crippen molar-refractivity contribution >= 4 is 17.3 Å². The second-order valence-corrected chi connectivity index (χ2v) is 7.61. The highest BCUT2D eigenvalue weighted by molar-refractivity contribution is 5.91. The number of nitro groups is 1. The maximum absolute atomic E-state index is 12.7. The van der Waals surface area contributed by atoms with E-state index in [1.54, 1.807) is 43.6 Å². The van der Waals surface area contributed by atoms with Crippen LogP contribution in [-0.2, 0) is 4.74 Å². The summed E-state index contributed by atoms with van der Waals surface area (Å²) in [6, 6.07) is 7.97. The van der Waals surface area contributed by atoms with Gasteiger partial charge in [0.15, 0.2) is 6.10 Å². The molecule has 0 bridgehead atoms. The van der Waals surface area contributed by atoms with Crippen LogP contribution in [0.3, 0.4) is 0 Å². The van der Waals surface area contributed by atoms with Gasteiger partial charge >= 0.3 is 5.97 Å². The van der Waals surface area contributed by atoms with E-state index >= 15 is 0 Å². The number of carbonyl (C=O) groups excluding carboxylic acids is 1. The zero-order valence-corrected chi connectivity index (χ0v) is 17.6. The Kier molecular flexibility index (Phi) is 6.39. The minimum Gasteiger partial charge on any atom is -0.449 e. The molecular formula is C22H23N5O5. The van der Waals surface area contributed by atoms with Gasteiger partial charge in [-0.1, -0.05) is 18.0 Å². The van der Waals surface area contributed by atoms with E-state index in [0.29, 0.717) is 17.1 Å². The maximum atomic E-state index is 12.7. The molecule has 3 heterocycles. The van der Waals surface area contributed by atoms with Crippen LogP contribution >= 0.6 is 0 Å². The summed E-state index contributed by atoms with van der Waals surface area (Å²) in [6.45, 7) is 3.12. The molecular weight excluding hydrogens is 414 g/mol. The molecule has 1 saturated heterocycles. The van der Waals surface area contributed by atoms with Gasteiger partial charge in [-0.15, -0.1) is 0 Å². The van der Waals surface area contributed by atoms with Crippen LogP contribution < -0.4 is 4.90 Å². The fraction of sp³-hybridized carbons (Fsp3) is 0.364. The summed E-state index contributed by atoms with van der Waals surface area (Å²) in [5.74, 6) is -0.259. The van der Waals surface area contributed by atoms with Crippen molar-refractivity contribution in [1.82, 2.24) is 15.1 Å². The third kappa shape index (κ3) is 4.74. The number of hydrogen-bond donors (Lipinski definition) is 0. The number of aromatic nitrogens is 3. The van der Waals surface area contributed by atoms with Crippen LogP contribution in [0.1, 0.15) is 55.0 Å². The molecule has 0 spiro atoms. The molecule has 0 saturated carbocycles. The Morgan fingerprint density at radius 3 is 2.69 bits per heavy atom. The number of esters is 1. The second kappa shape index (κ2) is 9.54. The summed E-state index contributed by atoms with van der Waals surface area (Å²) in [6.07, 6.45) is 6.61. The van der Waals surface area contributed by atoms with E-state index in [9.17, 15) is 14.9 Å². The van der Waals surface area contributed by atoms with Gasteiger partial charge in [-0.25, -0.2) is 4.79 Å². The number of hydrogen-bond acceptors (Lipinski definition) is 9. The van der Waals surface area contributed by atoms with Crippen LogP contribution in [0.4, 0.5) is 11.4 Å². The first-order valence-corrected chi connectivity index (χ1v) is 10.5. The Bertz CT molecular complexity index is 1090. The fourth-order valence-corrected chi connectivity index (χ4v) is 3.67. The largest absolute Gasteiger partial charge is 0.449 e. The Hall–Kier alpha value is -3.82. The summed E-state index contributed by atoms with van der Waals surface area (Å²) >= 11 is 0. The van der Waals surface area contributed by atoms with Crippen molar-refractivity contribution in [2.45, 2.75) is 38.7 Å². The summed E-state index contributed by atoms with van der Waals surface area (Å²) in [4.78, 5) is 34.2. The Labute approximate surface area is 184 Å². The molecule has 4 rings (SSSR count). The fourth-order valence-electron chi connectivity index (χ4n) is 3.67. The molecule has 1 aliphatic heterocycles. The third-order valence-corrected chi connectivity index (χ3v) is 5.35. The second-order valence-electron chi connectivity index (χ2n) is 7.61. The summed E-state index contributed by atoms with van der Waals surface area (Å²) < 4.78 is 10.6. The smallest absolute Gasteiger partial charge is 0.339 e. The van der Waals surface area contributed by atoms with Crippen molar-refractivity contribution in [3.63, 3.8) is 0 Å². The quantitative estimate of drug-likeness (QED) is 0.314. The van der Waals surface area contributed by atoms with Crippen LogP contribution in [0.15, 0.2) is 47.2 Å². The van der Waals surface area contributed by atoms with Gasteiger partial charge in [0.05, 0.1) is 10.5 Å². The van der Waals surface area contributed by atoms with E-state index in [1.165, 1.54) is 6.07 Å². The molecule has 166 valence electrons. The number of benzene rings is 1. The van der Waals surface area contributed by atoms with E-state index in [2.05, 4.69) is 15.1 Å². The van der Waals surface area contributed by atoms with Gasteiger partial charge in [0.1, 0.15) is 5.69 Å². The summed E-state index contributed by atoms with van der Waals surface area (Å²) in [7, 11) is 0. The third-order valence-electron chi connectivity index (χ3n) is 5.35. The number of nitrogens with zero attached hydrogens (tertiary/aromatic N) is 5. The lowest BCUT2D eigenvalue weighted by atomic mass is 10.1. The first-order valence-electron chi connectivity index (χ1n) is 10.5. The van der Waals surface area contributed by atoms with E-state index in [1.807, 2.05) is 4.90 Å². The standard InChI is InChI=1S/C22H23N5O5/c1-15(21-24-20(25-32-21)17-7-6-10-23-14-17)31-22(28)16-8-9-18(19(13-16)27(29)30)26-11-4-2-3-5-12-26/h6-10,13-15H,2-5,11-12H2,1H3/t15-/m0/s1. The first-order chi connectivity index (χ1) is 15.5. The van der Waals surface area contributed by atoms with Gasteiger partial charge in [0.25, 0.3) is 11.6 Å². The number of pyridine rings is 1. The number of nitro benzene ring substituents is 1. The number of anilines is 1. The van der Waals surface area contributed by atoms with Gasteiger partial charge in [0.2, 0.25) is 5.82 Å². The molecule has 0 unspecified atom stereocenters. The van der Waals surface area contributed by atoms with E-state index in [-0.39, 0.29) is 17.1 Å². The highest BCUT2D eigenvalue weighted by Gasteiger charge is 2.25. The molecule has 0 N–H and O–H groups in total. The average molecular weight is 437 g/mol. The Morgan fingerprint density at radius 1 is 1.22 bits per heavy atom. The molecule has 0 amide bonds. The topological polar surface area (TPSA) is 124 Å². The molecule has 1 fully saturated rings. The van der Waals surface area contributed by atoms with Crippen LogP contribution in [0.25, 0.3) is 11.4 Å². The normalized spacial score (nSPS) is 15.1. The lowest BCUT2D eigenvalue weighted by Gasteiger charge is -2.22. The van der Waals surface area contributed by atoms with E-state index < -0.39 is 17.0 Å².